The Balaban J connectivity index is 2.27. The summed E-state index contributed by atoms with van der Waals surface area (Å²) in [6.45, 7) is 1.29. The van der Waals surface area contributed by atoms with Crippen molar-refractivity contribution in [2.24, 2.45) is 5.73 Å². The molecule has 1 aliphatic heterocycles. The second-order valence-corrected chi connectivity index (χ2v) is 5.72. The fourth-order valence-electron chi connectivity index (χ4n) is 1.65. The number of rotatable bonds is 3. The standard InChI is InChI=1S/C11H15N3O2S/c12-8-10-4-5-11(13-9-10)17(15,16)14-6-2-1-3-7-14/h1-2,4-5,9H,3,6-8,12H2. The van der Waals surface area contributed by atoms with Gasteiger partial charge in [0, 0.05) is 25.8 Å². The average Bonchev–Trinajstić information content (AvgIpc) is 2.40. The Kier molecular flexibility index (Phi) is 3.56. The van der Waals surface area contributed by atoms with E-state index >= 15 is 0 Å². The highest BCUT2D eigenvalue weighted by Crippen LogP contribution is 2.16. The molecule has 0 aliphatic carbocycles. The number of nitrogens with two attached hydrogens (primary N) is 1. The summed E-state index contributed by atoms with van der Waals surface area (Å²) >= 11 is 0. The Morgan fingerprint density at radius 1 is 1.35 bits per heavy atom. The van der Waals surface area contributed by atoms with Crippen molar-refractivity contribution in [2.45, 2.75) is 18.0 Å². The first-order chi connectivity index (χ1) is 8.14. The maximum atomic E-state index is 12.2. The summed E-state index contributed by atoms with van der Waals surface area (Å²) in [7, 11) is -3.46. The molecule has 92 valence electrons. The summed E-state index contributed by atoms with van der Waals surface area (Å²) in [6.07, 6.45) is 6.10. The Morgan fingerprint density at radius 2 is 2.18 bits per heavy atom. The van der Waals surface area contributed by atoms with Crippen LogP contribution in [0.3, 0.4) is 0 Å². The third-order valence-electron chi connectivity index (χ3n) is 2.66. The highest BCUT2D eigenvalue weighted by Gasteiger charge is 2.25. The van der Waals surface area contributed by atoms with Crippen LogP contribution in [0.5, 0.6) is 0 Å². The summed E-state index contributed by atoms with van der Waals surface area (Å²) in [5, 5.41) is 0.0880. The van der Waals surface area contributed by atoms with Gasteiger partial charge in [-0.15, -0.1) is 0 Å². The van der Waals surface area contributed by atoms with E-state index in [1.54, 1.807) is 6.07 Å². The highest BCUT2D eigenvalue weighted by atomic mass is 32.2. The van der Waals surface area contributed by atoms with Gasteiger partial charge in [0.25, 0.3) is 10.0 Å². The summed E-state index contributed by atoms with van der Waals surface area (Å²) in [6, 6.07) is 3.20. The molecule has 2 rings (SSSR count). The predicted molar refractivity (Wildman–Crippen MR) is 64.6 cm³/mol. The van der Waals surface area contributed by atoms with Crippen molar-refractivity contribution in [2.75, 3.05) is 13.1 Å². The topological polar surface area (TPSA) is 76.3 Å². The molecule has 1 aromatic rings. The van der Waals surface area contributed by atoms with Crippen LogP contribution in [0, 0.1) is 0 Å². The van der Waals surface area contributed by atoms with E-state index < -0.39 is 10.0 Å². The third kappa shape index (κ3) is 2.54. The Labute approximate surface area is 101 Å². The molecule has 0 bridgehead atoms. The smallest absolute Gasteiger partial charge is 0.260 e. The van der Waals surface area contributed by atoms with Crippen molar-refractivity contribution in [1.82, 2.24) is 9.29 Å². The molecule has 0 radical (unpaired) electrons. The van der Waals surface area contributed by atoms with E-state index in [2.05, 4.69) is 4.98 Å². The third-order valence-corrected chi connectivity index (χ3v) is 4.44. The van der Waals surface area contributed by atoms with Gasteiger partial charge in [0.1, 0.15) is 0 Å². The lowest BCUT2D eigenvalue weighted by Crippen LogP contribution is -2.34. The molecule has 17 heavy (non-hydrogen) atoms. The van der Waals surface area contributed by atoms with Crippen molar-refractivity contribution < 1.29 is 8.42 Å². The zero-order valence-corrected chi connectivity index (χ0v) is 10.2. The van der Waals surface area contributed by atoms with Gasteiger partial charge in [-0.3, -0.25) is 0 Å². The molecule has 2 heterocycles. The van der Waals surface area contributed by atoms with Crippen LogP contribution in [-0.2, 0) is 16.6 Å². The molecule has 0 aromatic carbocycles. The number of nitrogens with zero attached hydrogens (tertiary/aromatic N) is 2. The minimum Gasteiger partial charge on any atom is -0.326 e. The minimum atomic E-state index is -3.46. The van der Waals surface area contributed by atoms with Crippen LogP contribution in [0.1, 0.15) is 12.0 Å². The molecule has 1 aliphatic rings. The van der Waals surface area contributed by atoms with Crippen molar-refractivity contribution in [3.05, 3.63) is 36.0 Å². The van der Waals surface area contributed by atoms with Gasteiger partial charge < -0.3 is 5.73 Å². The highest BCUT2D eigenvalue weighted by molar-refractivity contribution is 7.89. The van der Waals surface area contributed by atoms with E-state index in [4.69, 9.17) is 5.73 Å². The molecule has 2 N–H and O–H groups in total. The van der Waals surface area contributed by atoms with Gasteiger partial charge in [-0.05, 0) is 18.1 Å². The van der Waals surface area contributed by atoms with Gasteiger partial charge in [0.05, 0.1) is 0 Å². The maximum Gasteiger partial charge on any atom is 0.260 e. The molecule has 0 saturated heterocycles. The van der Waals surface area contributed by atoms with E-state index in [1.165, 1.54) is 16.6 Å². The first kappa shape index (κ1) is 12.2. The second kappa shape index (κ2) is 4.95. The Morgan fingerprint density at radius 3 is 2.71 bits per heavy atom. The molecule has 0 unspecified atom stereocenters. The van der Waals surface area contributed by atoms with Crippen LogP contribution in [-0.4, -0.2) is 30.8 Å². The molecule has 1 aromatic heterocycles. The van der Waals surface area contributed by atoms with E-state index in [9.17, 15) is 8.42 Å². The quantitative estimate of drug-likeness (QED) is 0.795. The van der Waals surface area contributed by atoms with Crippen molar-refractivity contribution in [1.29, 1.82) is 0 Å². The van der Waals surface area contributed by atoms with E-state index in [-0.39, 0.29) is 5.03 Å². The van der Waals surface area contributed by atoms with Gasteiger partial charge in [-0.2, -0.15) is 4.31 Å². The molecule has 0 fully saturated rings. The first-order valence-corrected chi connectivity index (χ1v) is 6.89. The maximum absolute atomic E-state index is 12.2. The molecular formula is C11H15N3O2S. The minimum absolute atomic E-state index is 0.0880. The summed E-state index contributed by atoms with van der Waals surface area (Å²) < 4.78 is 25.8. The fourth-order valence-corrected chi connectivity index (χ4v) is 2.97. The molecule has 0 spiro atoms. The zero-order chi connectivity index (χ0) is 12.3. The number of sulfonamides is 1. The molecule has 6 heteroatoms. The van der Waals surface area contributed by atoms with E-state index in [0.29, 0.717) is 19.6 Å². The van der Waals surface area contributed by atoms with Crippen LogP contribution >= 0.6 is 0 Å². The second-order valence-electron chi connectivity index (χ2n) is 3.83. The van der Waals surface area contributed by atoms with E-state index in [1.807, 2.05) is 12.2 Å². The molecule has 0 atom stereocenters. The molecular weight excluding hydrogens is 238 g/mol. The molecule has 5 nitrogen and oxygen atoms in total. The van der Waals surface area contributed by atoms with Crippen LogP contribution in [0.4, 0.5) is 0 Å². The van der Waals surface area contributed by atoms with Crippen molar-refractivity contribution >= 4 is 10.0 Å². The molecule has 0 amide bonds. The van der Waals surface area contributed by atoms with Crippen molar-refractivity contribution in [3.8, 4) is 0 Å². The van der Waals surface area contributed by atoms with Gasteiger partial charge in [-0.25, -0.2) is 13.4 Å². The van der Waals surface area contributed by atoms with Crippen LogP contribution < -0.4 is 5.73 Å². The van der Waals surface area contributed by atoms with Gasteiger partial charge >= 0.3 is 0 Å². The summed E-state index contributed by atoms with van der Waals surface area (Å²) in [5.74, 6) is 0. The lowest BCUT2D eigenvalue weighted by atomic mass is 10.3. The van der Waals surface area contributed by atoms with Crippen LogP contribution in [0.25, 0.3) is 0 Å². The lowest BCUT2D eigenvalue weighted by Gasteiger charge is -2.22. The van der Waals surface area contributed by atoms with Gasteiger partial charge in [-0.1, -0.05) is 18.2 Å². The summed E-state index contributed by atoms with van der Waals surface area (Å²) in [4.78, 5) is 3.96. The normalized spacial score (nSPS) is 17.2. The van der Waals surface area contributed by atoms with Crippen LogP contribution in [0.15, 0.2) is 35.5 Å². The largest absolute Gasteiger partial charge is 0.326 e. The SMILES string of the molecule is NCc1ccc(S(=O)(=O)N2CC=CCC2)nc1. The monoisotopic (exact) mass is 253 g/mol. The first-order valence-electron chi connectivity index (χ1n) is 5.45. The van der Waals surface area contributed by atoms with Gasteiger partial charge in [0.2, 0.25) is 0 Å². The zero-order valence-electron chi connectivity index (χ0n) is 9.41. The van der Waals surface area contributed by atoms with Crippen molar-refractivity contribution in [3.63, 3.8) is 0 Å². The number of aromatic nitrogens is 1. The van der Waals surface area contributed by atoms with Crippen LogP contribution in [0.2, 0.25) is 0 Å². The van der Waals surface area contributed by atoms with E-state index in [0.717, 1.165) is 12.0 Å². The number of hydrogen-bond donors (Lipinski definition) is 1. The predicted octanol–water partition coefficient (Wildman–Crippen LogP) is 0.491. The summed E-state index contributed by atoms with van der Waals surface area (Å²) in [5.41, 5.74) is 6.26. The molecule has 0 saturated carbocycles. The fraction of sp³-hybridized carbons (Fsp3) is 0.364. The Bertz CT molecular complexity index is 508. The Hall–Kier alpha value is -1.24. The average molecular weight is 253 g/mol. The number of hydrogen-bond acceptors (Lipinski definition) is 4. The number of pyridine rings is 1. The van der Waals surface area contributed by atoms with Gasteiger partial charge in [0.15, 0.2) is 5.03 Å². The lowest BCUT2D eigenvalue weighted by molar-refractivity contribution is 0.435.